The molecule has 96 valence electrons. The van der Waals surface area contributed by atoms with Crippen LogP contribution < -0.4 is 11.3 Å². The molecule has 0 saturated carbocycles. The Kier molecular flexibility index (Phi) is 4.47. The van der Waals surface area contributed by atoms with E-state index in [0.717, 1.165) is 24.2 Å². The molecule has 0 aliphatic heterocycles. The molecule has 2 aromatic heterocycles. The zero-order valence-electron chi connectivity index (χ0n) is 10.8. The Hall–Kier alpha value is -1.23. The van der Waals surface area contributed by atoms with Crippen LogP contribution in [-0.4, -0.2) is 4.98 Å². The third-order valence-electron chi connectivity index (χ3n) is 2.94. The third kappa shape index (κ3) is 3.16. The summed E-state index contributed by atoms with van der Waals surface area (Å²) in [7, 11) is 0. The zero-order chi connectivity index (χ0) is 13.0. The average molecular weight is 261 g/mol. The van der Waals surface area contributed by atoms with Gasteiger partial charge in [0.2, 0.25) is 0 Å². The number of pyridine rings is 1. The van der Waals surface area contributed by atoms with Crippen molar-refractivity contribution < 1.29 is 0 Å². The Labute approximate surface area is 112 Å². The zero-order valence-corrected chi connectivity index (χ0v) is 11.6. The van der Waals surface area contributed by atoms with Gasteiger partial charge in [-0.15, -0.1) is 11.3 Å². The lowest BCUT2D eigenvalue weighted by atomic mass is 10.1. The minimum absolute atomic E-state index is 0.0771. The van der Waals surface area contributed by atoms with Crippen LogP contribution in [0.5, 0.6) is 0 Å². The molecule has 0 bridgehead atoms. The number of hydrogen-bond donors (Lipinski definition) is 2. The van der Waals surface area contributed by atoms with Gasteiger partial charge in [-0.2, -0.15) is 0 Å². The summed E-state index contributed by atoms with van der Waals surface area (Å²) in [5.74, 6) is 5.66. The molecule has 1 atom stereocenters. The fourth-order valence-corrected chi connectivity index (χ4v) is 2.93. The van der Waals surface area contributed by atoms with Crippen LogP contribution in [0, 0.1) is 6.92 Å². The van der Waals surface area contributed by atoms with Crippen LogP contribution in [0.25, 0.3) is 0 Å². The lowest BCUT2D eigenvalue weighted by Gasteiger charge is -2.14. The van der Waals surface area contributed by atoms with E-state index >= 15 is 0 Å². The van der Waals surface area contributed by atoms with Crippen molar-refractivity contribution in [1.29, 1.82) is 0 Å². The first-order chi connectivity index (χ1) is 8.72. The second-order valence-electron chi connectivity index (χ2n) is 4.35. The number of nitrogens with one attached hydrogen (secondary N) is 1. The number of aromatic nitrogens is 1. The van der Waals surface area contributed by atoms with Crippen LogP contribution in [0.15, 0.2) is 30.3 Å². The number of nitrogens with zero attached hydrogens (tertiary/aromatic N) is 1. The van der Waals surface area contributed by atoms with E-state index in [4.69, 9.17) is 5.84 Å². The number of nitrogens with two attached hydrogens (primary N) is 1. The van der Waals surface area contributed by atoms with Gasteiger partial charge in [-0.1, -0.05) is 13.0 Å². The summed E-state index contributed by atoms with van der Waals surface area (Å²) in [6, 6.07) is 10.5. The maximum Gasteiger partial charge on any atom is 0.0680 e. The number of aryl methyl sites for hydroxylation is 2. The van der Waals surface area contributed by atoms with Crippen LogP contribution >= 0.6 is 11.3 Å². The van der Waals surface area contributed by atoms with E-state index in [1.807, 2.05) is 36.5 Å². The lowest BCUT2D eigenvalue weighted by Crippen LogP contribution is -2.30. The number of hydrazine groups is 1. The van der Waals surface area contributed by atoms with Gasteiger partial charge in [0, 0.05) is 21.9 Å². The van der Waals surface area contributed by atoms with E-state index < -0.39 is 0 Å². The molecule has 1 unspecified atom stereocenters. The van der Waals surface area contributed by atoms with Gasteiger partial charge >= 0.3 is 0 Å². The summed E-state index contributed by atoms with van der Waals surface area (Å²) in [5, 5.41) is 0. The van der Waals surface area contributed by atoms with Crippen molar-refractivity contribution in [2.24, 2.45) is 5.84 Å². The Morgan fingerprint density at radius 1 is 1.28 bits per heavy atom. The SMILES string of the molecule is CCc1ccc(CC(NN)c2cccc(C)n2)s1. The molecule has 2 heterocycles. The van der Waals surface area contributed by atoms with E-state index in [9.17, 15) is 0 Å². The van der Waals surface area contributed by atoms with E-state index in [1.54, 1.807) is 0 Å². The number of rotatable bonds is 5. The maximum absolute atomic E-state index is 5.66. The lowest BCUT2D eigenvalue weighted by molar-refractivity contribution is 0.541. The molecule has 2 rings (SSSR count). The summed E-state index contributed by atoms with van der Waals surface area (Å²) in [4.78, 5) is 7.29. The smallest absolute Gasteiger partial charge is 0.0680 e. The molecular formula is C14H19N3S. The highest BCUT2D eigenvalue weighted by molar-refractivity contribution is 7.11. The first-order valence-corrected chi connectivity index (χ1v) is 7.02. The minimum atomic E-state index is 0.0771. The minimum Gasteiger partial charge on any atom is -0.271 e. The molecule has 0 spiro atoms. The highest BCUT2D eigenvalue weighted by Crippen LogP contribution is 2.23. The van der Waals surface area contributed by atoms with Gasteiger partial charge in [0.05, 0.1) is 11.7 Å². The Balaban J connectivity index is 2.14. The summed E-state index contributed by atoms with van der Waals surface area (Å²) >= 11 is 1.85. The monoisotopic (exact) mass is 261 g/mol. The molecule has 18 heavy (non-hydrogen) atoms. The molecule has 0 aromatic carbocycles. The fourth-order valence-electron chi connectivity index (χ4n) is 1.93. The van der Waals surface area contributed by atoms with Crippen molar-refractivity contribution in [1.82, 2.24) is 10.4 Å². The number of hydrogen-bond acceptors (Lipinski definition) is 4. The standard InChI is InChI=1S/C14H19N3S/c1-3-11-7-8-12(18-11)9-14(17-15)13-6-4-5-10(2)16-13/h4-8,14,17H,3,9,15H2,1-2H3. The normalized spacial score (nSPS) is 12.6. The number of thiophene rings is 1. The predicted molar refractivity (Wildman–Crippen MR) is 76.4 cm³/mol. The molecule has 0 fully saturated rings. The molecule has 3 N–H and O–H groups in total. The van der Waals surface area contributed by atoms with Crippen molar-refractivity contribution in [3.05, 3.63) is 51.5 Å². The largest absolute Gasteiger partial charge is 0.271 e. The second kappa shape index (κ2) is 6.09. The molecule has 0 saturated heterocycles. The molecule has 3 nitrogen and oxygen atoms in total. The van der Waals surface area contributed by atoms with Crippen LogP contribution in [0.1, 0.15) is 34.1 Å². The molecule has 0 amide bonds. The van der Waals surface area contributed by atoms with Gasteiger partial charge in [0.15, 0.2) is 0 Å². The average Bonchev–Trinajstić information content (AvgIpc) is 2.83. The van der Waals surface area contributed by atoms with Gasteiger partial charge < -0.3 is 0 Å². The van der Waals surface area contributed by atoms with Crippen LogP contribution in [0.2, 0.25) is 0 Å². The van der Waals surface area contributed by atoms with Gasteiger partial charge in [0.25, 0.3) is 0 Å². The van der Waals surface area contributed by atoms with Crippen molar-refractivity contribution >= 4 is 11.3 Å². The van der Waals surface area contributed by atoms with Gasteiger partial charge in [-0.25, -0.2) is 0 Å². The Morgan fingerprint density at radius 2 is 2.06 bits per heavy atom. The van der Waals surface area contributed by atoms with E-state index in [-0.39, 0.29) is 6.04 Å². The first-order valence-electron chi connectivity index (χ1n) is 6.20. The van der Waals surface area contributed by atoms with Gasteiger partial charge in [-0.3, -0.25) is 16.3 Å². The quantitative estimate of drug-likeness (QED) is 0.643. The maximum atomic E-state index is 5.66. The van der Waals surface area contributed by atoms with Crippen LogP contribution in [-0.2, 0) is 12.8 Å². The summed E-state index contributed by atoms with van der Waals surface area (Å²) in [6.07, 6.45) is 1.98. The van der Waals surface area contributed by atoms with Gasteiger partial charge in [-0.05, 0) is 37.6 Å². The second-order valence-corrected chi connectivity index (χ2v) is 5.60. The topological polar surface area (TPSA) is 50.9 Å². The highest BCUT2D eigenvalue weighted by atomic mass is 32.1. The molecule has 2 aromatic rings. The molecule has 0 aliphatic carbocycles. The molecule has 0 radical (unpaired) electrons. The highest BCUT2D eigenvalue weighted by Gasteiger charge is 2.13. The third-order valence-corrected chi connectivity index (χ3v) is 4.19. The van der Waals surface area contributed by atoms with Crippen LogP contribution in [0.3, 0.4) is 0 Å². The molecular weight excluding hydrogens is 242 g/mol. The van der Waals surface area contributed by atoms with E-state index in [0.29, 0.717) is 0 Å². The predicted octanol–water partition coefficient (Wildman–Crippen LogP) is 2.76. The molecule has 0 aliphatic rings. The van der Waals surface area contributed by atoms with Crippen LogP contribution in [0.4, 0.5) is 0 Å². The summed E-state index contributed by atoms with van der Waals surface area (Å²) < 4.78 is 0. The van der Waals surface area contributed by atoms with Crippen molar-refractivity contribution in [3.63, 3.8) is 0 Å². The van der Waals surface area contributed by atoms with Crippen molar-refractivity contribution in [3.8, 4) is 0 Å². The summed E-state index contributed by atoms with van der Waals surface area (Å²) in [5.41, 5.74) is 4.89. The first kappa shape index (κ1) is 13.2. The van der Waals surface area contributed by atoms with E-state index in [1.165, 1.54) is 9.75 Å². The van der Waals surface area contributed by atoms with E-state index in [2.05, 4.69) is 29.5 Å². The van der Waals surface area contributed by atoms with Crippen molar-refractivity contribution in [2.75, 3.05) is 0 Å². The Bertz CT molecular complexity index is 507. The Morgan fingerprint density at radius 3 is 2.67 bits per heavy atom. The fraction of sp³-hybridized carbons (Fsp3) is 0.357. The summed E-state index contributed by atoms with van der Waals surface area (Å²) in [6.45, 7) is 4.17. The van der Waals surface area contributed by atoms with Gasteiger partial charge in [0.1, 0.15) is 0 Å². The van der Waals surface area contributed by atoms with Crippen molar-refractivity contribution in [2.45, 2.75) is 32.7 Å². The molecule has 4 heteroatoms.